The van der Waals surface area contributed by atoms with E-state index in [-0.39, 0.29) is 18.4 Å². The minimum Gasteiger partial charge on any atom is -0.323 e. The quantitative estimate of drug-likeness (QED) is 0.704. The zero-order valence-corrected chi connectivity index (χ0v) is 15.6. The summed E-state index contributed by atoms with van der Waals surface area (Å²) in [5, 5.41) is 5.74. The van der Waals surface area contributed by atoms with Gasteiger partial charge in [-0.05, 0) is 45.3 Å². The molecule has 1 atom stereocenters. The molecule has 0 saturated carbocycles. The number of para-hydroxylation sites is 4. The normalized spacial score (nSPS) is 12.1. The Morgan fingerprint density at radius 1 is 1.04 bits per heavy atom. The van der Waals surface area contributed by atoms with Crippen LogP contribution in [0.3, 0.4) is 0 Å². The molecule has 0 saturated heterocycles. The van der Waals surface area contributed by atoms with E-state index in [2.05, 4.69) is 15.6 Å². The summed E-state index contributed by atoms with van der Waals surface area (Å²) in [7, 11) is 3.65. The van der Waals surface area contributed by atoms with Gasteiger partial charge in [-0.2, -0.15) is 0 Å². The number of carbonyl (C=O) groups excluding carboxylic acids is 2. The zero-order chi connectivity index (χ0) is 19.4. The second kappa shape index (κ2) is 8.01. The fourth-order valence-corrected chi connectivity index (χ4v) is 2.83. The van der Waals surface area contributed by atoms with Crippen molar-refractivity contribution in [1.82, 2.24) is 14.5 Å². The first-order valence-corrected chi connectivity index (χ1v) is 8.71. The first-order chi connectivity index (χ1) is 13.0. The summed E-state index contributed by atoms with van der Waals surface area (Å²) in [5.41, 5.74) is 2.87. The third-order valence-electron chi connectivity index (χ3n) is 4.20. The smallest absolute Gasteiger partial charge is 0.247 e. The molecule has 1 aromatic heterocycles. The number of hydrogen-bond donors (Lipinski definition) is 2. The van der Waals surface area contributed by atoms with E-state index in [1.165, 1.54) is 0 Å². The average Bonchev–Trinajstić information content (AvgIpc) is 3.06. The summed E-state index contributed by atoms with van der Waals surface area (Å²) in [6.07, 6.45) is 1.67. The molecule has 0 radical (unpaired) electrons. The molecule has 3 aromatic rings. The van der Waals surface area contributed by atoms with Crippen LogP contribution in [0.25, 0.3) is 11.0 Å². The van der Waals surface area contributed by atoms with Gasteiger partial charge in [0.2, 0.25) is 11.8 Å². The van der Waals surface area contributed by atoms with E-state index in [0.29, 0.717) is 11.4 Å². The lowest BCUT2D eigenvalue weighted by Crippen LogP contribution is -2.28. The molecule has 3 rings (SSSR count). The highest BCUT2D eigenvalue weighted by atomic mass is 16.2. The van der Waals surface area contributed by atoms with Gasteiger partial charge < -0.3 is 20.1 Å². The van der Waals surface area contributed by atoms with Crippen molar-refractivity contribution >= 4 is 34.2 Å². The van der Waals surface area contributed by atoms with Gasteiger partial charge in [-0.25, -0.2) is 4.98 Å². The molecule has 27 heavy (non-hydrogen) atoms. The summed E-state index contributed by atoms with van der Waals surface area (Å²) >= 11 is 0. The molecule has 7 heteroatoms. The van der Waals surface area contributed by atoms with Crippen LogP contribution in [-0.2, 0) is 9.59 Å². The number of hydrogen-bond acceptors (Lipinski definition) is 4. The van der Waals surface area contributed by atoms with E-state index in [0.717, 1.165) is 11.0 Å². The number of carbonyl (C=O) groups is 2. The summed E-state index contributed by atoms with van der Waals surface area (Å²) in [6.45, 7) is 2.08. The summed E-state index contributed by atoms with van der Waals surface area (Å²) in [5.74, 6) is -0.331. The minimum absolute atomic E-state index is 0.143. The molecule has 2 amide bonds. The fraction of sp³-hybridized carbons (Fsp3) is 0.250. The zero-order valence-electron chi connectivity index (χ0n) is 15.6. The molecule has 2 aromatic carbocycles. The second-order valence-electron chi connectivity index (χ2n) is 6.64. The van der Waals surface area contributed by atoms with Crippen LogP contribution in [0.4, 0.5) is 11.4 Å². The Morgan fingerprint density at radius 3 is 2.37 bits per heavy atom. The van der Waals surface area contributed by atoms with E-state index < -0.39 is 6.04 Å². The van der Waals surface area contributed by atoms with Crippen molar-refractivity contribution < 1.29 is 9.59 Å². The summed E-state index contributed by atoms with van der Waals surface area (Å²) in [4.78, 5) is 31.0. The van der Waals surface area contributed by atoms with Crippen LogP contribution >= 0.6 is 0 Å². The van der Waals surface area contributed by atoms with E-state index >= 15 is 0 Å². The first-order valence-electron chi connectivity index (χ1n) is 8.71. The number of nitrogens with zero attached hydrogens (tertiary/aromatic N) is 3. The predicted octanol–water partition coefficient (Wildman–Crippen LogP) is 2.74. The van der Waals surface area contributed by atoms with Crippen molar-refractivity contribution in [2.24, 2.45) is 0 Å². The highest BCUT2D eigenvalue weighted by Crippen LogP contribution is 2.23. The highest BCUT2D eigenvalue weighted by Gasteiger charge is 2.18. The molecule has 0 bridgehead atoms. The Bertz CT molecular complexity index is 964. The Morgan fingerprint density at radius 2 is 1.67 bits per heavy atom. The number of imidazole rings is 1. The van der Waals surface area contributed by atoms with Crippen LogP contribution in [0.2, 0.25) is 0 Å². The average molecular weight is 365 g/mol. The number of benzene rings is 2. The van der Waals surface area contributed by atoms with Crippen molar-refractivity contribution in [3.8, 4) is 0 Å². The molecule has 0 aliphatic rings. The fourth-order valence-electron chi connectivity index (χ4n) is 2.83. The second-order valence-corrected chi connectivity index (χ2v) is 6.64. The number of anilines is 2. The van der Waals surface area contributed by atoms with Gasteiger partial charge in [0.25, 0.3) is 0 Å². The van der Waals surface area contributed by atoms with Crippen LogP contribution in [0, 0.1) is 0 Å². The SMILES string of the molecule is CC(C(=O)Nc1ccccc1NC(=O)CN(C)C)n1cnc2ccccc21. The molecule has 2 N–H and O–H groups in total. The van der Waals surface area contributed by atoms with Gasteiger partial charge in [0, 0.05) is 0 Å². The number of likely N-dealkylation sites (N-methyl/N-ethyl adjacent to an activating group) is 1. The Hall–Kier alpha value is -3.19. The number of rotatable bonds is 6. The van der Waals surface area contributed by atoms with Crippen molar-refractivity contribution in [3.05, 3.63) is 54.9 Å². The lowest BCUT2D eigenvalue weighted by Gasteiger charge is -2.17. The molecule has 0 fully saturated rings. The lowest BCUT2D eigenvalue weighted by molar-refractivity contribution is -0.119. The first kappa shape index (κ1) is 18.6. The van der Waals surface area contributed by atoms with Gasteiger partial charge in [0.05, 0.1) is 35.3 Å². The molecule has 0 aliphatic carbocycles. The van der Waals surface area contributed by atoms with Gasteiger partial charge in [0.1, 0.15) is 6.04 Å². The standard InChI is InChI=1S/C20H23N5O2/c1-14(25-13-21-17-10-6-7-11-18(17)25)20(27)23-16-9-5-4-8-15(16)22-19(26)12-24(2)3/h4-11,13-14H,12H2,1-3H3,(H,22,26)(H,23,27). The topological polar surface area (TPSA) is 79.3 Å². The van der Waals surface area contributed by atoms with Crippen molar-refractivity contribution in [3.63, 3.8) is 0 Å². The Labute approximate surface area is 158 Å². The molecule has 0 aliphatic heterocycles. The number of aromatic nitrogens is 2. The van der Waals surface area contributed by atoms with Crippen molar-refractivity contribution in [2.75, 3.05) is 31.3 Å². The van der Waals surface area contributed by atoms with Crippen LogP contribution in [0.5, 0.6) is 0 Å². The van der Waals surface area contributed by atoms with Crippen molar-refractivity contribution in [1.29, 1.82) is 0 Å². The molecule has 7 nitrogen and oxygen atoms in total. The Balaban J connectivity index is 1.77. The van der Waals surface area contributed by atoms with Gasteiger partial charge in [0.15, 0.2) is 0 Å². The number of fused-ring (bicyclic) bond motifs is 1. The number of amides is 2. The third kappa shape index (κ3) is 4.32. The third-order valence-corrected chi connectivity index (χ3v) is 4.20. The lowest BCUT2D eigenvalue weighted by atomic mass is 10.2. The summed E-state index contributed by atoms with van der Waals surface area (Å²) in [6, 6.07) is 14.4. The van der Waals surface area contributed by atoms with Gasteiger partial charge >= 0.3 is 0 Å². The molecular weight excluding hydrogens is 342 g/mol. The Kier molecular flexibility index (Phi) is 5.52. The van der Waals surface area contributed by atoms with Gasteiger partial charge in [-0.1, -0.05) is 24.3 Å². The van der Waals surface area contributed by atoms with E-state index in [9.17, 15) is 9.59 Å². The van der Waals surface area contributed by atoms with Gasteiger partial charge in [-0.15, -0.1) is 0 Å². The van der Waals surface area contributed by atoms with Crippen LogP contribution in [-0.4, -0.2) is 46.9 Å². The number of nitrogens with one attached hydrogen (secondary N) is 2. The monoisotopic (exact) mass is 365 g/mol. The van der Waals surface area contributed by atoms with Gasteiger partial charge in [-0.3, -0.25) is 9.59 Å². The molecule has 0 spiro atoms. The molecular formula is C20H23N5O2. The van der Waals surface area contributed by atoms with Crippen LogP contribution in [0.15, 0.2) is 54.9 Å². The van der Waals surface area contributed by atoms with Crippen LogP contribution in [0.1, 0.15) is 13.0 Å². The predicted molar refractivity (Wildman–Crippen MR) is 107 cm³/mol. The van der Waals surface area contributed by atoms with E-state index in [1.54, 1.807) is 23.4 Å². The van der Waals surface area contributed by atoms with E-state index in [4.69, 9.17) is 0 Å². The molecule has 1 heterocycles. The largest absolute Gasteiger partial charge is 0.323 e. The van der Waals surface area contributed by atoms with E-state index in [1.807, 2.05) is 62.0 Å². The highest BCUT2D eigenvalue weighted by molar-refractivity contribution is 6.01. The molecule has 1 unspecified atom stereocenters. The van der Waals surface area contributed by atoms with Crippen molar-refractivity contribution in [2.45, 2.75) is 13.0 Å². The van der Waals surface area contributed by atoms with Crippen LogP contribution < -0.4 is 10.6 Å². The minimum atomic E-state index is -0.456. The maximum Gasteiger partial charge on any atom is 0.247 e. The maximum absolute atomic E-state index is 12.8. The maximum atomic E-state index is 12.8. The summed E-state index contributed by atoms with van der Waals surface area (Å²) < 4.78 is 1.83. The molecule has 140 valence electrons.